The molecule has 1 aliphatic rings. The van der Waals surface area contributed by atoms with Gasteiger partial charge in [-0.1, -0.05) is 37.6 Å². The zero-order valence-electron chi connectivity index (χ0n) is 10.5. The highest BCUT2D eigenvalue weighted by molar-refractivity contribution is 6.30. The first-order valence-electron chi connectivity index (χ1n) is 6.33. The van der Waals surface area contributed by atoms with E-state index in [4.69, 9.17) is 16.3 Å². The maximum absolute atomic E-state index is 6.29. The van der Waals surface area contributed by atoms with Crippen LogP contribution in [0, 0.1) is 0 Å². The fourth-order valence-corrected chi connectivity index (χ4v) is 2.57. The van der Waals surface area contributed by atoms with Gasteiger partial charge in [-0.3, -0.25) is 0 Å². The van der Waals surface area contributed by atoms with Gasteiger partial charge in [-0.15, -0.1) is 0 Å². The van der Waals surface area contributed by atoms with Crippen LogP contribution in [0.5, 0.6) is 0 Å². The highest BCUT2D eigenvalue weighted by atomic mass is 35.5. The van der Waals surface area contributed by atoms with E-state index in [0.29, 0.717) is 0 Å². The Morgan fingerprint density at radius 3 is 2.82 bits per heavy atom. The molecule has 0 bridgehead atoms. The van der Waals surface area contributed by atoms with Crippen LogP contribution in [0.15, 0.2) is 24.3 Å². The minimum Gasteiger partial charge on any atom is -0.364 e. The van der Waals surface area contributed by atoms with Crippen molar-refractivity contribution >= 4 is 11.6 Å². The maximum atomic E-state index is 6.29. The summed E-state index contributed by atoms with van der Waals surface area (Å²) in [6.45, 7) is 6.18. The lowest BCUT2D eigenvalue weighted by atomic mass is 9.93. The second-order valence-corrected chi connectivity index (χ2v) is 5.12. The van der Waals surface area contributed by atoms with Crippen LogP contribution >= 0.6 is 11.6 Å². The van der Waals surface area contributed by atoms with E-state index >= 15 is 0 Å². The molecule has 0 amide bonds. The Labute approximate surface area is 108 Å². The number of hydrogen-bond acceptors (Lipinski definition) is 2. The van der Waals surface area contributed by atoms with Crippen molar-refractivity contribution < 1.29 is 4.74 Å². The molecule has 1 saturated heterocycles. The van der Waals surface area contributed by atoms with Crippen molar-refractivity contribution in [3.63, 3.8) is 0 Å². The van der Waals surface area contributed by atoms with Gasteiger partial charge in [-0.2, -0.15) is 0 Å². The van der Waals surface area contributed by atoms with Crippen molar-refractivity contribution in [2.75, 3.05) is 13.1 Å². The molecule has 1 N–H and O–H groups in total. The van der Waals surface area contributed by atoms with Crippen molar-refractivity contribution in [3.8, 4) is 0 Å². The summed E-state index contributed by atoms with van der Waals surface area (Å²) < 4.78 is 6.29. The first kappa shape index (κ1) is 12.9. The first-order chi connectivity index (χ1) is 8.19. The van der Waals surface area contributed by atoms with Crippen molar-refractivity contribution in [2.45, 2.75) is 38.4 Å². The molecule has 1 aromatic rings. The Morgan fingerprint density at radius 1 is 1.41 bits per heavy atom. The summed E-state index contributed by atoms with van der Waals surface area (Å²) in [4.78, 5) is 0. The van der Waals surface area contributed by atoms with Crippen LogP contribution in [0.2, 0.25) is 5.02 Å². The third-order valence-corrected chi connectivity index (χ3v) is 3.91. The molecule has 0 saturated carbocycles. The predicted octanol–water partition coefficient (Wildman–Crippen LogP) is 3.56. The Hall–Kier alpha value is -0.570. The highest BCUT2D eigenvalue weighted by Crippen LogP contribution is 2.32. The number of hydrogen-bond donors (Lipinski definition) is 1. The van der Waals surface area contributed by atoms with Gasteiger partial charge in [0.15, 0.2) is 0 Å². The largest absolute Gasteiger partial charge is 0.364 e. The van der Waals surface area contributed by atoms with Gasteiger partial charge in [0.1, 0.15) is 0 Å². The Kier molecular flexibility index (Phi) is 4.08. The lowest BCUT2D eigenvalue weighted by molar-refractivity contribution is -0.122. The summed E-state index contributed by atoms with van der Waals surface area (Å²) in [6, 6.07) is 7.96. The number of nitrogens with one attached hydrogen (secondary N) is 1. The summed E-state index contributed by atoms with van der Waals surface area (Å²) in [5.41, 5.74) is 1.14. The van der Waals surface area contributed by atoms with E-state index in [1.165, 1.54) is 0 Å². The molecule has 2 nitrogen and oxygen atoms in total. The number of benzene rings is 1. The van der Waals surface area contributed by atoms with Gasteiger partial charge in [-0.25, -0.2) is 0 Å². The SMILES string of the molecule is CCC1(CC)CNCC(c2cccc(Cl)c2)O1. The van der Waals surface area contributed by atoms with E-state index in [1.807, 2.05) is 18.2 Å². The Bertz CT molecular complexity index is 376. The number of rotatable bonds is 3. The molecule has 0 aromatic heterocycles. The summed E-state index contributed by atoms with van der Waals surface area (Å²) in [6.07, 6.45) is 2.18. The molecular weight excluding hydrogens is 234 g/mol. The van der Waals surface area contributed by atoms with Crippen LogP contribution in [0.4, 0.5) is 0 Å². The van der Waals surface area contributed by atoms with Gasteiger partial charge in [0.05, 0.1) is 11.7 Å². The molecule has 1 heterocycles. The smallest absolute Gasteiger partial charge is 0.0957 e. The van der Waals surface area contributed by atoms with E-state index in [0.717, 1.165) is 36.5 Å². The van der Waals surface area contributed by atoms with Crippen molar-refractivity contribution in [1.82, 2.24) is 5.32 Å². The van der Waals surface area contributed by atoms with Gasteiger partial charge in [-0.05, 0) is 30.5 Å². The van der Waals surface area contributed by atoms with Gasteiger partial charge >= 0.3 is 0 Å². The zero-order chi connectivity index (χ0) is 12.3. The van der Waals surface area contributed by atoms with Gasteiger partial charge < -0.3 is 10.1 Å². The normalized spacial score (nSPS) is 23.6. The monoisotopic (exact) mass is 253 g/mol. The minimum absolute atomic E-state index is 0.0226. The molecule has 2 rings (SSSR count). The molecule has 94 valence electrons. The Morgan fingerprint density at radius 2 is 2.18 bits per heavy atom. The maximum Gasteiger partial charge on any atom is 0.0957 e. The first-order valence-corrected chi connectivity index (χ1v) is 6.71. The minimum atomic E-state index is -0.0226. The zero-order valence-corrected chi connectivity index (χ0v) is 11.3. The highest BCUT2D eigenvalue weighted by Gasteiger charge is 2.34. The average Bonchev–Trinajstić information content (AvgIpc) is 2.39. The third-order valence-electron chi connectivity index (χ3n) is 3.68. The summed E-state index contributed by atoms with van der Waals surface area (Å²) in [7, 11) is 0. The van der Waals surface area contributed by atoms with E-state index in [-0.39, 0.29) is 11.7 Å². The predicted molar refractivity (Wildman–Crippen MR) is 71.5 cm³/mol. The lowest BCUT2D eigenvalue weighted by Gasteiger charge is -2.41. The molecule has 17 heavy (non-hydrogen) atoms. The Balaban J connectivity index is 2.17. The fraction of sp³-hybridized carbons (Fsp3) is 0.571. The molecule has 0 spiro atoms. The van der Waals surface area contributed by atoms with Gasteiger partial charge in [0, 0.05) is 18.1 Å². The van der Waals surface area contributed by atoms with Gasteiger partial charge in [0.2, 0.25) is 0 Å². The van der Waals surface area contributed by atoms with E-state index < -0.39 is 0 Å². The molecule has 1 aliphatic heterocycles. The van der Waals surface area contributed by atoms with Gasteiger partial charge in [0.25, 0.3) is 0 Å². The van der Waals surface area contributed by atoms with Crippen LogP contribution in [-0.2, 0) is 4.74 Å². The molecule has 1 unspecified atom stereocenters. The van der Waals surface area contributed by atoms with Crippen LogP contribution in [0.3, 0.4) is 0 Å². The summed E-state index contributed by atoms with van der Waals surface area (Å²) >= 11 is 6.03. The van der Waals surface area contributed by atoms with E-state index in [9.17, 15) is 0 Å². The summed E-state index contributed by atoms with van der Waals surface area (Å²) in [5.74, 6) is 0. The third kappa shape index (κ3) is 2.82. The molecule has 1 fully saturated rings. The molecular formula is C14H20ClNO. The second-order valence-electron chi connectivity index (χ2n) is 4.68. The van der Waals surface area contributed by atoms with E-state index in [1.54, 1.807) is 0 Å². The number of ether oxygens (including phenoxy) is 1. The second kappa shape index (κ2) is 5.38. The van der Waals surface area contributed by atoms with Crippen LogP contribution in [0.25, 0.3) is 0 Å². The number of morpholine rings is 1. The average molecular weight is 254 g/mol. The fourth-order valence-electron chi connectivity index (χ4n) is 2.38. The van der Waals surface area contributed by atoms with Crippen LogP contribution < -0.4 is 5.32 Å². The standard InChI is InChI=1S/C14H20ClNO/c1-3-14(4-2)10-16-9-13(17-14)11-6-5-7-12(15)8-11/h5-8,13,16H,3-4,9-10H2,1-2H3. The van der Waals surface area contributed by atoms with Crippen molar-refractivity contribution in [1.29, 1.82) is 0 Å². The molecule has 1 aromatic carbocycles. The molecule has 1 atom stereocenters. The van der Waals surface area contributed by atoms with Crippen molar-refractivity contribution in [3.05, 3.63) is 34.9 Å². The molecule has 3 heteroatoms. The number of halogens is 1. The van der Waals surface area contributed by atoms with E-state index in [2.05, 4.69) is 25.2 Å². The lowest BCUT2D eigenvalue weighted by Crippen LogP contribution is -2.50. The van der Waals surface area contributed by atoms with Crippen molar-refractivity contribution in [2.24, 2.45) is 0 Å². The van der Waals surface area contributed by atoms with Crippen LogP contribution in [0.1, 0.15) is 38.4 Å². The quantitative estimate of drug-likeness (QED) is 0.889. The topological polar surface area (TPSA) is 21.3 Å². The summed E-state index contributed by atoms with van der Waals surface area (Å²) in [5, 5.41) is 4.25. The molecule has 0 aliphatic carbocycles. The molecule has 0 radical (unpaired) electrons. The van der Waals surface area contributed by atoms with Crippen LogP contribution in [-0.4, -0.2) is 18.7 Å².